The van der Waals surface area contributed by atoms with E-state index >= 15 is 4.39 Å². The molecule has 0 bridgehead atoms. The van der Waals surface area contributed by atoms with Crippen molar-refractivity contribution in [2.45, 2.75) is 88.3 Å². The van der Waals surface area contributed by atoms with Crippen molar-refractivity contribution in [1.82, 2.24) is 10.6 Å². The maximum atomic E-state index is 15.8. The zero-order valence-electron chi connectivity index (χ0n) is 24.1. The van der Waals surface area contributed by atoms with Crippen LogP contribution in [0.25, 0.3) is 0 Å². The first kappa shape index (κ1) is 30.5. The molecule has 1 aliphatic carbocycles. The van der Waals surface area contributed by atoms with Crippen LogP contribution in [0.15, 0.2) is 60.7 Å². The highest BCUT2D eigenvalue weighted by Crippen LogP contribution is 2.56. The van der Waals surface area contributed by atoms with E-state index < -0.39 is 23.3 Å². The van der Waals surface area contributed by atoms with Crippen molar-refractivity contribution in [3.05, 3.63) is 98.8 Å². The van der Waals surface area contributed by atoms with Gasteiger partial charge in [-0.25, -0.2) is 4.39 Å². The highest BCUT2D eigenvalue weighted by Gasteiger charge is 2.57. The second-order valence-corrected chi connectivity index (χ2v) is 12.6. The molecular weight excluding hydrogens is 572 g/mol. The average Bonchev–Trinajstić information content (AvgIpc) is 3.31. The minimum atomic E-state index is -0.722. The van der Waals surface area contributed by atoms with Crippen molar-refractivity contribution in [3.8, 4) is 0 Å². The molecule has 2 unspecified atom stereocenters. The SMILES string of the molecule is CCC(C)c1ccc(CNC(=O)[C@@H]2NC3(CCCCC3)C(c3ccc(Cl)cc3NC=O)[C@H]2c2cccc(Cl)c2F)cc1. The molecule has 0 radical (unpaired) electrons. The van der Waals surface area contributed by atoms with Crippen LogP contribution in [-0.2, 0) is 16.1 Å². The van der Waals surface area contributed by atoms with Crippen molar-refractivity contribution in [2.24, 2.45) is 0 Å². The molecule has 5 nitrogen and oxygen atoms in total. The minimum Gasteiger partial charge on any atom is -0.351 e. The Morgan fingerprint density at radius 1 is 1.07 bits per heavy atom. The Labute approximate surface area is 257 Å². The normalized spacial score (nSPS) is 22.1. The third-order valence-corrected chi connectivity index (χ3v) is 9.85. The van der Waals surface area contributed by atoms with E-state index in [0.717, 1.165) is 49.7 Å². The van der Waals surface area contributed by atoms with Crippen molar-refractivity contribution in [2.75, 3.05) is 5.32 Å². The largest absolute Gasteiger partial charge is 0.351 e. The Bertz CT molecular complexity index is 1420. The first-order valence-electron chi connectivity index (χ1n) is 14.9. The lowest BCUT2D eigenvalue weighted by atomic mass is 9.66. The molecule has 0 aromatic heterocycles. The molecule has 2 aliphatic rings. The summed E-state index contributed by atoms with van der Waals surface area (Å²) in [5.74, 6) is -1.16. The summed E-state index contributed by atoms with van der Waals surface area (Å²) in [7, 11) is 0. The van der Waals surface area contributed by atoms with Crippen LogP contribution in [0.3, 0.4) is 0 Å². The van der Waals surface area contributed by atoms with Gasteiger partial charge in [-0.1, -0.05) is 98.8 Å². The van der Waals surface area contributed by atoms with Gasteiger partial charge in [-0.15, -0.1) is 0 Å². The Balaban J connectivity index is 1.55. The molecule has 1 heterocycles. The number of hydrogen-bond donors (Lipinski definition) is 3. The number of halogens is 3. The van der Waals surface area contributed by atoms with Crippen LogP contribution in [0.4, 0.5) is 10.1 Å². The van der Waals surface area contributed by atoms with Gasteiger partial charge in [-0.3, -0.25) is 14.9 Å². The summed E-state index contributed by atoms with van der Waals surface area (Å²) in [6.45, 7) is 4.73. The molecule has 42 heavy (non-hydrogen) atoms. The molecule has 2 amide bonds. The summed E-state index contributed by atoms with van der Waals surface area (Å²) < 4.78 is 15.8. The Morgan fingerprint density at radius 2 is 1.81 bits per heavy atom. The van der Waals surface area contributed by atoms with Gasteiger partial charge < -0.3 is 10.6 Å². The van der Waals surface area contributed by atoms with Gasteiger partial charge in [-0.05, 0) is 65.6 Å². The smallest absolute Gasteiger partial charge is 0.238 e. The number of carbonyl (C=O) groups excluding carboxylic acids is 2. The predicted molar refractivity (Wildman–Crippen MR) is 168 cm³/mol. The molecule has 3 aromatic carbocycles. The lowest BCUT2D eigenvalue weighted by molar-refractivity contribution is -0.123. The first-order valence-corrected chi connectivity index (χ1v) is 15.6. The second-order valence-electron chi connectivity index (χ2n) is 11.7. The van der Waals surface area contributed by atoms with Crippen LogP contribution in [0.2, 0.25) is 10.0 Å². The Kier molecular flexibility index (Phi) is 9.56. The van der Waals surface area contributed by atoms with Crippen molar-refractivity contribution >= 4 is 41.2 Å². The van der Waals surface area contributed by atoms with Crippen LogP contribution in [0, 0.1) is 5.82 Å². The van der Waals surface area contributed by atoms with E-state index in [2.05, 4.69) is 54.1 Å². The first-order chi connectivity index (χ1) is 20.3. The lowest BCUT2D eigenvalue weighted by Crippen LogP contribution is -2.51. The molecule has 1 spiro atoms. The number of benzene rings is 3. The molecule has 222 valence electrons. The number of anilines is 1. The monoisotopic (exact) mass is 609 g/mol. The number of carbonyl (C=O) groups is 2. The summed E-state index contributed by atoms with van der Waals surface area (Å²) in [6, 6.07) is 18.0. The van der Waals surface area contributed by atoms with Gasteiger partial charge in [-0.2, -0.15) is 0 Å². The third-order valence-electron chi connectivity index (χ3n) is 9.32. The van der Waals surface area contributed by atoms with Gasteiger partial charge in [0.1, 0.15) is 5.82 Å². The van der Waals surface area contributed by atoms with E-state index in [1.807, 2.05) is 6.07 Å². The Hall–Kier alpha value is -2.93. The predicted octanol–water partition coefficient (Wildman–Crippen LogP) is 8.07. The van der Waals surface area contributed by atoms with Crippen LogP contribution in [0.1, 0.15) is 92.4 Å². The van der Waals surface area contributed by atoms with Gasteiger partial charge in [0.2, 0.25) is 12.3 Å². The van der Waals surface area contributed by atoms with E-state index in [4.69, 9.17) is 23.2 Å². The molecule has 4 atom stereocenters. The zero-order chi connectivity index (χ0) is 29.9. The zero-order valence-corrected chi connectivity index (χ0v) is 25.6. The van der Waals surface area contributed by atoms with Crippen LogP contribution in [0.5, 0.6) is 0 Å². The summed E-state index contributed by atoms with van der Waals surface area (Å²) in [5.41, 5.74) is 3.55. The maximum absolute atomic E-state index is 15.8. The van der Waals surface area contributed by atoms with E-state index in [9.17, 15) is 9.59 Å². The molecule has 1 saturated carbocycles. The van der Waals surface area contributed by atoms with Crippen molar-refractivity contribution in [3.63, 3.8) is 0 Å². The topological polar surface area (TPSA) is 70.2 Å². The average molecular weight is 611 g/mol. The minimum absolute atomic E-state index is 0.0127. The standard InChI is InChI=1S/C34H38Cl2FN3O2/c1-3-21(2)23-12-10-22(11-13-23)19-38-33(42)32-29(26-8-7-9-27(36)31(26)37)30(34(40-32)16-5-4-6-17-34)25-15-14-24(35)18-28(25)39-20-41/h7-15,18,20-21,29-30,32,40H,3-6,16-17,19H2,1-2H3,(H,38,42)(H,39,41)/t21?,29-,30?,32-/m1/s1. The van der Waals surface area contributed by atoms with Crippen LogP contribution in [-0.4, -0.2) is 23.9 Å². The van der Waals surface area contributed by atoms with E-state index in [1.54, 1.807) is 24.3 Å². The Morgan fingerprint density at radius 3 is 2.50 bits per heavy atom. The fraction of sp³-hybridized carbons (Fsp3) is 0.412. The fourth-order valence-electron chi connectivity index (χ4n) is 7.01. The molecule has 8 heteroatoms. The molecule has 5 rings (SSSR count). The molecule has 1 aliphatic heterocycles. The van der Waals surface area contributed by atoms with E-state index in [1.165, 1.54) is 11.6 Å². The highest BCUT2D eigenvalue weighted by molar-refractivity contribution is 6.31. The quantitative estimate of drug-likeness (QED) is 0.215. The molecule has 3 N–H and O–H groups in total. The van der Waals surface area contributed by atoms with E-state index in [0.29, 0.717) is 35.1 Å². The van der Waals surface area contributed by atoms with Crippen molar-refractivity contribution in [1.29, 1.82) is 0 Å². The fourth-order valence-corrected chi connectivity index (χ4v) is 7.36. The molecule has 3 aromatic rings. The summed E-state index contributed by atoms with van der Waals surface area (Å²) in [6.07, 6.45) is 6.38. The van der Waals surface area contributed by atoms with E-state index in [-0.39, 0.29) is 16.8 Å². The summed E-state index contributed by atoms with van der Waals surface area (Å²) in [4.78, 5) is 25.7. The lowest BCUT2D eigenvalue weighted by Gasteiger charge is -2.41. The van der Waals surface area contributed by atoms with Gasteiger partial charge in [0.05, 0.1) is 11.1 Å². The maximum Gasteiger partial charge on any atom is 0.238 e. The van der Waals surface area contributed by atoms with Gasteiger partial charge in [0.15, 0.2) is 0 Å². The van der Waals surface area contributed by atoms with Crippen LogP contribution < -0.4 is 16.0 Å². The number of rotatable bonds is 9. The number of hydrogen-bond acceptors (Lipinski definition) is 3. The third kappa shape index (κ3) is 6.08. The van der Waals surface area contributed by atoms with Gasteiger partial charge >= 0.3 is 0 Å². The van der Waals surface area contributed by atoms with Crippen molar-refractivity contribution < 1.29 is 14.0 Å². The van der Waals surface area contributed by atoms with Gasteiger partial charge in [0.25, 0.3) is 0 Å². The number of nitrogens with one attached hydrogen (secondary N) is 3. The molecule has 2 fully saturated rings. The highest BCUT2D eigenvalue weighted by atomic mass is 35.5. The second kappa shape index (κ2) is 13.2. The molecule has 1 saturated heterocycles. The number of amides is 2. The van der Waals surface area contributed by atoms with Crippen LogP contribution >= 0.6 is 23.2 Å². The summed E-state index contributed by atoms with van der Waals surface area (Å²) >= 11 is 12.6. The van der Waals surface area contributed by atoms with Gasteiger partial charge in [0, 0.05) is 34.6 Å². The molecular formula is C34H38Cl2FN3O2. The summed E-state index contributed by atoms with van der Waals surface area (Å²) in [5, 5.41) is 10.2.